The topological polar surface area (TPSA) is 70.5 Å². The maximum absolute atomic E-state index is 13.2. The van der Waals surface area contributed by atoms with Gasteiger partial charge in [0, 0.05) is 45.3 Å². The number of carbonyl (C=O) groups excluding carboxylic acids is 1. The van der Waals surface area contributed by atoms with Crippen LogP contribution in [0.4, 0.5) is 4.39 Å². The number of piperazine rings is 1. The number of amides is 1. The Hall–Kier alpha value is -3.36. The van der Waals surface area contributed by atoms with Gasteiger partial charge in [0.1, 0.15) is 11.5 Å². The highest BCUT2D eigenvalue weighted by Crippen LogP contribution is 2.09. The molecule has 0 spiro atoms. The average molecular weight is 464 g/mol. The van der Waals surface area contributed by atoms with E-state index in [0.29, 0.717) is 12.2 Å². The zero-order valence-electron chi connectivity index (χ0n) is 19.2. The van der Waals surface area contributed by atoms with E-state index in [4.69, 9.17) is 0 Å². The molecule has 0 radical (unpaired) electrons. The number of rotatable bonds is 9. The van der Waals surface area contributed by atoms with E-state index in [0.717, 1.165) is 56.8 Å². The molecular weight excluding hydrogens is 433 g/mol. The SMILES string of the molecule is O=C(NCCCCN1CCN(Cc2ccccc2)CC1)c1ccc(=O)n(-c2ccc(F)cc2)n1. The van der Waals surface area contributed by atoms with Gasteiger partial charge >= 0.3 is 0 Å². The molecule has 1 N–H and O–H groups in total. The van der Waals surface area contributed by atoms with Gasteiger partial charge in [0.2, 0.25) is 0 Å². The van der Waals surface area contributed by atoms with Crippen molar-refractivity contribution in [2.75, 3.05) is 39.3 Å². The third kappa shape index (κ3) is 6.59. The van der Waals surface area contributed by atoms with E-state index in [1.54, 1.807) is 0 Å². The van der Waals surface area contributed by atoms with E-state index in [9.17, 15) is 14.0 Å². The van der Waals surface area contributed by atoms with Crippen LogP contribution >= 0.6 is 0 Å². The summed E-state index contributed by atoms with van der Waals surface area (Å²) in [6.07, 6.45) is 1.87. The molecule has 0 atom stereocenters. The van der Waals surface area contributed by atoms with E-state index in [2.05, 4.69) is 44.5 Å². The standard InChI is InChI=1S/C26H30FN5O2/c27-22-8-10-23(11-9-22)32-25(33)13-12-24(29-32)26(34)28-14-4-5-15-30-16-18-31(19-17-30)20-21-6-2-1-3-7-21/h1-3,6-13H,4-5,14-20H2,(H,28,34). The van der Waals surface area contributed by atoms with Crippen molar-refractivity contribution in [3.05, 3.63) is 94.2 Å². The largest absolute Gasteiger partial charge is 0.351 e. The first-order valence-corrected chi connectivity index (χ1v) is 11.7. The molecule has 1 aromatic heterocycles. The van der Waals surface area contributed by atoms with E-state index in [1.807, 2.05) is 6.07 Å². The molecule has 0 saturated carbocycles. The van der Waals surface area contributed by atoms with Crippen molar-refractivity contribution in [1.29, 1.82) is 0 Å². The Morgan fingerprint density at radius 3 is 2.32 bits per heavy atom. The van der Waals surface area contributed by atoms with Crippen molar-refractivity contribution in [2.24, 2.45) is 0 Å². The highest BCUT2D eigenvalue weighted by Gasteiger charge is 2.16. The van der Waals surface area contributed by atoms with Crippen molar-refractivity contribution in [3.63, 3.8) is 0 Å². The van der Waals surface area contributed by atoms with Crippen LogP contribution in [0.1, 0.15) is 28.9 Å². The van der Waals surface area contributed by atoms with Gasteiger partial charge in [-0.1, -0.05) is 30.3 Å². The molecule has 1 aliphatic rings. The molecule has 1 amide bonds. The Balaban J connectivity index is 1.16. The molecule has 8 heteroatoms. The lowest BCUT2D eigenvalue weighted by molar-refractivity contribution is 0.0944. The summed E-state index contributed by atoms with van der Waals surface area (Å²) in [6.45, 7) is 6.83. The van der Waals surface area contributed by atoms with E-state index < -0.39 is 5.82 Å². The van der Waals surface area contributed by atoms with Crippen molar-refractivity contribution < 1.29 is 9.18 Å². The summed E-state index contributed by atoms with van der Waals surface area (Å²) in [5.41, 5.74) is 1.53. The number of aromatic nitrogens is 2. The van der Waals surface area contributed by atoms with Gasteiger partial charge in [-0.2, -0.15) is 9.78 Å². The summed E-state index contributed by atoms with van der Waals surface area (Å²) in [4.78, 5) is 29.6. The second kappa shape index (κ2) is 11.7. The van der Waals surface area contributed by atoms with E-state index in [-0.39, 0.29) is 17.2 Å². The van der Waals surface area contributed by atoms with Crippen LogP contribution in [0.15, 0.2) is 71.5 Å². The van der Waals surface area contributed by atoms with Gasteiger partial charge in [0.05, 0.1) is 5.69 Å². The monoisotopic (exact) mass is 463 g/mol. The van der Waals surface area contributed by atoms with E-state index in [1.165, 1.54) is 42.0 Å². The van der Waals surface area contributed by atoms with Gasteiger partial charge in [0.15, 0.2) is 0 Å². The maximum atomic E-state index is 13.2. The fourth-order valence-electron chi connectivity index (χ4n) is 4.07. The van der Waals surface area contributed by atoms with E-state index >= 15 is 0 Å². The van der Waals surface area contributed by atoms with Gasteiger partial charge in [-0.05, 0) is 55.3 Å². The minimum Gasteiger partial charge on any atom is -0.351 e. The minimum absolute atomic E-state index is 0.151. The number of nitrogens with one attached hydrogen (secondary N) is 1. The average Bonchev–Trinajstić information content (AvgIpc) is 2.86. The molecule has 1 saturated heterocycles. The molecule has 2 aromatic carbocycles. The first-order valence-electron chi connectivity index (χ1n) is 11.7. The predicted molar refractivity (Wildman–Crippen MR) is 130 cm³/mol. The molecule has 0 unspecified atom stereocenters. The molecule has 3 aromatic rings. The third-order valence-electron chi connectivity index (χ3n) is 6.00. The number of hydrogen-bond donors (Lipinski definition) is 1. The zero-order chi connectivity index (χ0) is 23.8. The molecule has 0 aliphatic carbocycles. The lowest BCUT2D eigenvalue weighted by Gasteiger charge is -2.34. The second-order valence-electron chi connectivity index (χ2n) is 8.51. The van der Waals surface area contributed by atoms with Crippen LogP contribution in [0.5, 0.6) is 0 Å². The summed E-state index contributed by atoms with van der Waals surface area (Å²) in [5, 5.41) is 7.01. The third-order valence-corrected chi connectivity index (χ3v) is 6.00. The van der Waals surface area contributed by atoms with Crippen LogP contribution in [0, 0.1) is 5.82 Å². The van der Waals surface area contributed by atoms with Crippen LogP contribution in [0.25, 0.3) is 5.69 Å². The summed E-state index contributed by atoms with van der Waals surface area (Å²) >= 11 is 0. The first-order chi connectivity index (χ1) is 16.6. The highest BCUT2D eigenvalue weighted by atomic mass is 19.1. The molecule has 4 rings (SSSR count). The lowest BCUT2D eigenvalue weighted by Crippen LogP contribution is -2.46. The molecule has 0 bridgehead atoms. The number of nitrogens with zero attached hydrogens (tertiary/aromatic N) is 4. The van der Waals surface area contributed by atoms with Crippen LogP contribution in [0.2, 0.25) is 0 Å². The zero-order valence-corrected chi connectivity index (χ0v) is 19.2. The van der Waals surface area contributed by atoms with Crippen LogP contribution in [-0.2, 0) is 6.54 Å². The van der Waals surface area contributed by atoms with Gasteiger partial charge in [-0.15, -0.1) is 0 Å². The van der Waals surface area contributed by atoms with Crippen molar-refractivity contribution in [3.8, 4) is 5.69 Å². The Morgan fingerprint density at radius 2 is 1.59 bits per heavy atom. The quantitative estimate of drug-likeness (QED) is 0.494. The van der Waals surface area contributed by atoms with Crippen LogP contribution in [-0.4, -0.2) is 64.8 Å². The highest BCUT2D eigenvalue weighted by molar-refractivity contribution is 5.92. The minimum atomic E-state index is -0.403. The molecule has 178 valence electrons. The normalized spacial score (nSPS) is 14.7. The molecule has 2 heterocycles. The summed E-state index contributed by atoms with van der Waals surface area (Å²) in [7, 11) is 0. The number of halogens is 1. The van der Waals surface area contributed by atoms with Crippen LogP contribution in [0.3, 0.4) is 0 Å². The number of unbranched alkanes of at least 4 members (excludes halogenated alkanes) is 1. The van der Waals surface area contributed by atoms with Gasteiger partial charge in [-0.25, -0.2) is 4.39 Å². The Morgan fingerprint density at radius 1 is 0.882 bits per heavy atom. The van der Waals surface area contributed by atoms with Gasteiger partial charge < -0.3 is 10.2 Å². The number of carbonyl (C=O) groups is 1. The maximum Gasteiger partial charge on any atom is 0.271 e. The molecule has 7 nitrogen and oxygen atoms in total. The molecule has 1 aliphatic heterocycles. The van der Waals surface area contributed by atoms with Gasteiger partial charge in [0.25, 0.3) is 11.5 Å². The lowest BCUT2D eigenvalue weighted by atomic mass is 10.2. The number of benzene rings is 2. The van der Waals surface area contributed by atoms with Crippen molar-refractivity contribution in [1.82, 2.24) is 24.9 Å². The van der Waals surface area contributed by atoms with Crippen molar-refractivity contribution >= 4 is 5.91 Å². The Labute approximate surface area is 198 Å². The summed E-state index contributed by atoms with van der Waals surface area (Å²) < 4.78 is 14.3. The smallest absolute Gasteiger partial charge is 0.271 e. The second-order valence-corrected chi connectivity index (χ2v) is 8.51. The fraction of sp³-hybridized carbons (Fsp3) is 0.346. The summed E-state index contributed by atoms with van der Waals surface area (Å²) in [6, 6.07) is 18.7. The van der Waals surface area contributed by atoms with Gasteiger partial charge in [-0.3, -0.25) is 14.5 Å². The molecule has 34 heavy (non-hydrogen) atoms. The Bertz CT molecular complexity index is 1130. The molecule has 1 fully saturated rings. The molecular formula is C26H30FN5O2. The Kier molecular flexibility index (Phi) is 8.17. The van der Waals surface area contributed by atoms with Crippen LogP contribution < -0.4 is 10.9 Å². The number of hydrogen-bond acceptors (Lipinski definition) is 5. The fourth-order valence-corrected chi connectivity index (χ4v) is 4.07. The first kappa shape index (κ1) is 23.8. The summed E-state index contributed by atoms with van der Waals surface area (Å²) in [5.74, 6) is -0.731. The van der Waals surface area contributed by atoms with Crippen molar-refractivity contribution in [2.45, 2.75) is 19.4 Å². The predicted octanol–water partition coefficient (Wildman–Crippen LogP) is 2.70.